The Morgan fingerprint density at radius 1 is 1.35 bits per heavy atom. The molecule has 1 aromatic heterocycles. The molecule has 4 nitrogen and oxygen atoms in total. The molecule has 1 aromatic rings. The van der Waals surface area contributed by atoms with Gasteiger partial charge in [0.15, 0.2) is 0 Å². The Balaban J connectivity index is 2.07. The largest absolute Gasteiger partial charge is 0.394 e. The highest BCUT2D eigenvalue weighted by atomic mass is 15.3. The number of hydrogen-bond donors (Lipinski definition) is 2. The van der Waals surface area contributed by atoms with Crippen LogP contribution in [0.3, 0.4) is 0 Å². The van der Waals surface area contributed by atoms with Gasteiger partial charge in [-0.15, -0.1) is 0 Å². The lowest BCUT2D eigenvalue weighted by Gasteiger charge is -2.28. The lowest BCUT2D eigenvalue weighted by atomic mass is 9.87. The maximum atomic E-state index is 6.08. The van der Waals surface area contributed by atoms with E-state index in [1.165, 1.54) is 25.7 Å². The third-order valence-electron chi connectivity index (χ3n) is 3.83. The smallest absolute Gasteiger partial charge is 0.148 e. The molecule has 0 aliphatic heterocycles. The zero-order valence-electron chi connectivity index (χ0n) is 11.2. The van der Waals surface area contributed by atoms with Crippen molar-refractivity contribution in [3.05, 3.63) is 5.69 Å². The Hall–Kier alpha value is -1.19. The van der Waals surface area contributed by atoms with Crippen LogP contribution in [0, 0.1) is 12.8 Å². The Kier molecular flexibility index (Phi) is 3.60. The normalized spacial score (nSPS) is 24.9. The van der Waals surface area contributed by atoms with E-state index in [0.717, 1.165) is 29.7 Å². The van der Waals surface area contributed by atoms with Crippen LogP contribution in [0.25, 0.3) is 0 Å². The van der Waals surface area contributed by atoms with Crippen molar-refractivity contribution in [1.82, 2.24) is 9.78 Å². The molecule has 0 bridgehead atoms. The van der Waals surface area contributed by atoms with Crippen LogP contribution in [0.5, 0.6) is 0 Å². The van der Waals surface area contributed by atoms with Crippen molar-refractivity contribution in [3.8, 4) is 0 Å². The molecule has 1 fully saturated rings. The first kappa shape index (κ1) is 12.3. The predicted molar refractivity (Wildman–Crippen MR) is 72.1 cm³/mol. The zero-order chi connectivity index (χ0) is 12.4. The molecule has 17 heavy (non-hydrogen) atoms. The van der Waals surface area contributed by atoms with Gasteiger partial charge in [0.2, 0.25) is 0 Å². The van der Waals surface area contributed by atoms with Gasteiger partial charge in [-0.05, 0) is 45.4 Å². The summed E-state index contributed by atoms with van der Waals surface area (Å²) >= 11 is 0. The first-order chi connectivity index (χ1) is 8.11. The second-order valence-corrected chi connectivity index (χ2v) is 5.26. The summed E-state index contributed by atoms with van der Waals surface area (Å²) in [6.07, 6.45) is 5.12. The fraction of sp³-hybridized carbons (Fsp3) is 0.769. The standard InChI is InChI=1S/C13H24N4/c1-4-17-13(12(14)10(3)16-17)15-11-7-5-9(2)6-8-11/h9,11,15H,4-8,14H2,1-3H3. The second kappa shape index (κ2) is 4.98. The second-order valence-electron chi connectivity index (χ2n) is 5.26. The van der Waals surface area contributed by atoms with E-state index < -0.39 is 0 Å². The Morgan fingerprint density at radius 3 is 2.59 bits per heavy atom. The highest BCUT2D eigenvalue weighted by Crippen LogP contribution is 2.29. The van der Waals surface area contributed by atoms with Gasteiger partial charge in [0.25, 0.3) is 0 Å². The van der Waals surface area contributed by atoms with Crippen LogP contribution in [-0.2, 0) is 6.54 Å². The molecule has 0 radical (unpaired) electrons. The third kappa shape index (κ3) is 2.56. The number of nitrogens with two attached hydrogens (primary N) is 1. The van der Waals surface area contributed by atoms with Gasteiger partial charge < -0.3 is 11.1 Å². The van der Waals surface area contributed by atoms with Gasteiger partial charge >= 0.3 is 0 Å². The Bertz CT molecular complexity index is 375. The van der Waals surface area contributed by atoms with Crippen LogP contribution >= 0.6 is 0 Å². The quantitative estimate of drug-likeness (QED) is 0.848. The molecule has 3 N–H and O–H groups in total. The summed E-state index contributed by atoms with van der Waals surface area (Å²) < 4.78 is 1.97. The Morgan fingerprint density at radius 2 is 2.00 bits per heavy atom. The summed E-state index contributed by atoms with van der Waals surface area (Å²) in [7, 11) is 0. The number of rotatable bonds is 3. The number of aryl methyl sites for hydroxylation is 2. The lowest BCUT2D eigenvalue weighted by Crippen LogP contribution is -2.26. The summed E-state index contributed by atoms with van der Waals surface area (Å²) in [5.41, 5.74) is 7.82. The summed E-state index contributed by atoms with van der Waals surface area (Å²) in [5, 5.41) is 8.02. The topological polar surface area (TPSA) is 55.9 Å². The highest BCUT2D eigenvalue weighted by Gasteiger charge is 2.20. The van der Waals surface area contributed by atoms with Gasteiger partial charge in [0.05, 0.1) is 11.4 Å². The van der Waals surface area contributed by atoms with Crippen LogP contribution in [0.15, 0.2) is 0 Å². The van der Waals surface area contributed by atoms with E-state index in [4.69, 9.17) is 5.73 Å². The summed E-state index contributed by atoms with van der Waals surface area (Å²) in [6.45, 7) is 7.27. The molecule has 0 amide bonds. The molecule has 96 valence electrons. The average molecular weight is 236 g/mol. The van der Waals surface area contributed by atoms with Crippen LogP contribution in [0.2, 0.25) is 0 Å². The van der Waals surface area contributed by atoms with Crippen molar-refractivity contribution in [3.63, 3.8) is 0 Å². The van der Waals surface area contributed by atoms with E-state index in [1.807, 2.05) is 11.6 Å². The number of aromatic nitrogens is 2. The highest BCUT2D eigenvalue weighted by molar-refractivity contribution is 5.65. The molecule has 0 aromatic carbocycles. The molecule has 0 atom stereocenters. The number of nitrogens with one attached hydrogen (secondary N) is 1. The van der Waals surface area contributed by atoms with Gasteiger partial charge in [-0.2, -0.15) is 5.10 Å². The van der Waals surface area contributed by atoms with E-state index in [9.17, 15) is 0 Å². The van der Waals surface area contributed by atoms with E-state index in [-0.39, 0.29) is 0 Å². The molecule has 1 heterocycles. The first-order valence-electron chi connectivity index (χ1n) is 6.71. The first-order valence-corrected chi connectivity index (χ1v) is 6.71. The molecule has 1 aliphatic rings. The minimum atomic E-state index is 0.565. The van der Waals surface area contributed by atoms with Gasteiger partial charge in [0, 0.05) is 12.6 Å². The molecule has 1 saturated carbocycles. The zero-order valence-corrected chi connectivity index (χ0v) is 11.2. The fourth-order valence-electron chi connectivity index (χ4n) is 2.57. The van der Waals surface area contributed by atoms with Crippen molar-refractivity contribution in [2.45, 2.75) is 59.0 Å². The minimum absolute atomic E-state index is 0.565. The summed E-state index contributed by atoms with van der Waals surface area (Å²) in [5.74, 6) is 1.90. The molecular formula is C13H24N4. The number of anilines is 2. The SMILES string of the molecule is CCn1nc(C)c(N)c1NC1CCC(C)CC1. The number of hydrogen-bond acceptors (Lipinski definition) is 3. The van der Waals surface area contributed by atoms with E-state index in [1.54, 1.807) is 0 Å². The maximum absolute atomic E-state index is 6.08. The lowest BCUT2D eigenvalue weighted by molar-refractivity contribution is 0.360. The van der Waals surface area contributed by atoms with Gasteiger partial charge in [0.1, 0.15) is 5.82 Å². The van der Waals surface area contributed by atoms with Crippen molar-refractivity contribution in [2.24, 2.45) is 5.92 Å². The van der Waals surface area contributed by atoms with Crippen LogP contribution in [-0.4, -0.2) is 15.8 Å². The summed E-state index contributed by atoms with van der Waals surface area (Å²) in [4.78, 5) is 0. The Labute approximate surface area is 104 Å². The van der Waals surface area contributed by atoms with Crippen molar-refractivity contribution in [2.75, 3.05) is 11.1 Å². The monoisotopic (exact) mass is 236 g/mol. The van der Waals surface area contributed by atoms with Crippen LogP contribution < -0.4 is 11.1 Å². The molecule has 0 saturated heterocycles. The van der Waals surface area contributed by atoms with Gasteiger partial charge in [-0.3, -0.25) is 0 Å². The van der Waals surface area contributed by atoms with E-state index in [0.29, 0.717) is 6.04 Å². The minimum Gasteiger partial charge on any atom is -0.394 e. The average Bonchev–Trinajstić information content (AvgIpc) is 2.59. The van der Waals surface area contributed by atoms with Crippen molar-refractivity contribution in [1.29, 1.82) is 0 Å². The third-order valence-corrected chi connectivity index (χ3v) is 3.83. The van der Waals surface area contributed by atoms with E-state index in [2.05, 4.69) is 24.3 Å². The molecule has 0 unspecified atom stereocenters. The van der Waals surface area contributed by atoms with Crippen molar-refractivity contribution >= 4 is 11.5 Å². The molecule has 1 aliphatic carbocycles. The number of nitrogen functional groups attached to an aromatic ring is 1. The predicted octanol–water partition coefficient (Wildman–Crippen LogP) is 2.78. The number of nitrogens with zero attached hydrogens (tertiary/aromatic N) is 2. The maximum Gasteiger partial charge on any atom is 0.148 e. The van der Waals surface area contributed by atoms with Crippen LogP contribution in [0.1, 0.15) is 45.2 Å². The van der Waals surface area contributed by atoms with Crippen molar-refractivity contribution < 1.29 is 0 Å². The molecule has 4 heteroatoms. The van der Waals surface area contributed by atoms with Gasteiger partial charge in [-0.25, -0.2) is 4.68 Å². The molecule has 2 rings (SSSR count). The van der Waals surface area contributed by atoms with Crippen LogP contribution in [0.4, 0.5) is 11.5 Å². The molecule has 0 spiro atoms. The molecular weight excluding hydrogens is 212 g/mol. The van der Waals surface area contributed by atoms with E-state index >= 15 is 0 Å². The van der Waals surface area contributed by atoms with Gasteiger partial charge in [-0.1, -0.05) is 6.92 Å². The summed E-state index contributed by atoms with van der Waals surface area (Å²) in [6, 6.07) is 0.565. The fourth-order valence-corrected chi connectivity index (χ4v) is 2.57.